The molecule has 2 aromatic rings. The lowest BCUT2D eigenvalue weighted by molar-refractivity contribution is -0.125. The van der Waals surface area contributed by atoms with Crippen molar-refractivity contribution in [3.05, 3.63) is 39.5 Å². The number of ether oxygens (including phenoxy) is 2. The molecule has 0 spiro atoms. The average Bonchev–Trinajstić information content (AvgIpc) is 3.63. The van der Waals surface area contributed by atoms with Gasteiger partial charge in [0, 0.05) is 37.9 Å². The molecule has 1 aliphatic heterocycles. The van der Waals surface area contributed by atoms with Gasteiger partial charge in [0.15, 0.2) is 5.75 Å². The molecule has 41 heavy (non-hydrogen) atoms. The van der Waals surface area contributed by atoms with E-state index in [4.69, 9.17) is 21.1 Å². The van der Waals surface area contributed by atoms with E-state index in [1.165, 1.54) is 17.0 Å². The first-order chi connectivity index (χ1) is 19.8. The first-order valence-corrected chi connectivity index (χ1v) is 15.0. The second kappa shape index (κ2) is 13.5. The fraction of sp³-hybridized carbons (Fsp3) is 0.536. The van der Waals surface area contributed by atoms with Gasteiger partial charge in [-0.3, -0.25) is 19.3 Å². The zero-order chi connectivity index (χ0) is 28.9. The number of benzene rings is 1. The highest BCUT2D eigenvalue weighted by atomic mass is 35.5. The minimum Gasteiger partial charge on any atom is -0.433 e. The van der Waals surface area contributed by atoms with Crippen LogP contribution in [0.25, 0.3) is 0 Å². The third-order valence-electron chi connectivity index (χ3n) is 7.64. The summed E-state index contributed by atoms with van der Waals surface area (Å²) in [6.07, 6.45) is 5.50. The summed E-state index contributed by atoms with van der Waals surface area (Å²) in [6, 6.07) is 6.87. The molecule has 2 heterocycles. The fourth-order valence-electron chi connectivity index (χ4n) is 5.05. The molecule has 0 unspecified atom stereocenters. The van der Waals surface area contributed by atoms with Crippen LogP contribution in [0.3, 0.4) is 0 Å². The highest BCUT2D eigenvalue weighted by Crippen LogP contribution is 2.35. The maximum atomic E-state index is 13.8. The Morgan fingerprint density at radius 3 is 2.51 bits per heavy atom. The Bertz CT molecular complexity index is 1260. The van der Waals surface area contributed by atoms with Crippen LogP contribution >= 0.6 is 22.9 Å². The van der Waals surface area contributed by atoms with Crippen molar-refractivity contribution in [2.24, 2.45) is 11.8 Å². The van der Waals surface area contributed by atoms with E-state index < -0.39 is 18.6 Å². The highest BCUT2D eigenvalue weighted by Gasteiger charge is 2.35. The molecule has 0 radical (unpaired) electrons. The van der Waals surface area contributed by atoms with Gasteiger partial charge in [-0.15, -0.1) is 11.3 Å². The summed E-state index contributed by atoms with van der Waals surface area (Å²) in [5.41, 5.74) is 0.418. The van der Waals surface area contributed by atoms with Crippen molar-refractivity contribution in [1.82, 2.24) is 10.2 Å². The summed E-state index contributed by atoms with van der Waals surface area (Å²) in [5.74, 6) is -0.376. The first-order valence-electron chi connectivity index (χ1n) is 13.8. The lowest BCUT2D eigenvalue weighted by atomic mass is 9.84. The number of alkyl halides is 2. The van der Waals surface area contributed by atoms with Crippen LogP contribution in [-0.2, 0) is 14.3 Å². The maximum absolute atomic E-state index is 13.8. The van der Waals surface area contributed by atoms with E-state index in [0.717, 1.165) is 43.4 Å². The number of hydrogen-bond donors (Lipinski definition) is 2. The second-order valence-electron chi connectivity index (χ2n) is 10.7. The van der Waals surface area contributed by atoms with Gasteiger partial charge in [0.25, 0.3) is 11.8 Å². The van der Waals surface area contributed by atoms with Gasteiger partial charge in [0.1, 0.15) is 12.6 Å². The number of nitrogens with one attached hydrogen (secondary N) is 2. The molecule has 1 aromatic carbocycles. The van der Waals surface area contributed by atoms with Crippen molar-refractivity contribution in [3.8, 4) is 5.75 Å². The molecule has 2 N–H and O–H groups in total. The van der Waals surface area contributed by atoms with Crippen LogP contribution in [0, 0.1) is 11.8 Å². The summed E-state index contributed by atoms with van der Waals surface area (Å²) < 4.78 is 37.2. The predicted octanol–water partition coefficient (Wildman–Crippen LogP) is 4.62. The van der Waals surface area contributed by atoms with Crippen LogP contribution in [0.5, 0.6) is 5.75 Å². The topological polar surface area (TPSA) is 100 Å². The third-order valence-corrected chi connectivity index (χ3v) is 8.87. The van der Waals surface area contributed by atoms with E-state index in [2.05, 4.69) is 15.5 Å². The number of morpholine rings is 1. The standard InChI is InChI=1S/C28H33ClF2N4O5S/c29-24-9-8-23(41-24)27(38)32-13-21(34(15-18-4-5-18)14-17-2-1-3-17)26(37)33-20-7-6-19(12-22(20)40-28(30)31)35-10-11-39-16-25(35)36/h6-9,12,17-18,21,28H,1-5,10-11,13-16H2,(H,32,38)(H,33,37)/t21-/m0/s1. The number of carbonyl (C=O) groups excluding carboxylic acids is 3. The fourth-order valence-corrected chi connectivity index (χ4v) is 6.01. The minimum atomic E-state index is -3.14. The van der Waals surface area contributed by atoms with E-state index in [1.54, 1.807) is 18.2 Å². The van der Waals surface area contributed by atoms with Crippen molar-refractivity contribution in [2.45, 2.75) is 44.8 Å². The number of nitrogens with zero attached hydrogens (tertiary/aromatic N) is 2. The van der Waals surface area contributed by atoms with Gasteiger partial charge in [-0.2, -0.15) is 8.78 Å². The summed E-state index contributed by atoms with van der Waals surface area (Å²) in [7, 11) is 0. The molecule has 222 valence electrons. The van der Waals surface area contributed by atoms with Crippen molar-refractivity contribution >= 4 is 52.0 Å². The smallest absolute Gasteiger partial charge is 0.387 e. The van der Waals surface area contributed by atoms with Crippen LogP contribution < -0.4 is 20.3 Å². The van der Waals surface area contributed by atoms with Gasteiger partial charge in [-0.1, -0.05) is 18.0 Å². The number of halogens is 3. The van der Waals surface area contributed by atoms with Crippen molar-refractivity contribution in [1.29, 1.82) is 0 Å². The molecule has 1 atom stereocenters. The molecule has 3 aliphatic rings. The Labute approximate surface area is 246 Å². The molecule has 3 fully saturated rings. The van der Waals surface area contributed by atoms with Crippen molar-refractivity contribution < 1.29 is 32.6 Å². The van der Waals surface area contributed by atoms with Gasteiger partial charge >= 0.3 is 6.61 Å². The quantitative estimate of drug-likeness (QED) is 0.344. The Kier molecular flexibility index (Phi) is 9.74. The Hall–Kier alpha value is -2.80. The molecule has 9 nitrogen and oxygen atoms in total. The molecular weight excluding hydrogens is 578 g/mol. The van der Waals surface area contributed by atoms with Gasteiger partial charge in [-0.05, 0) is 61.8 Å². The van der Waals surface area contributed by atoms with Crippen molar-refractivity contribution in [2.75, 3.05) is 49.6 Å². The minimum absolute atomic E-state index is 0.0328. The number of thiophene rings is 1. The number of rotatable bonds is 13. The van der Waals surface area contributed by atoms with Gasteiger partial charge in [0.2, 0.25) is 5.91 Å². The molecular formula is C28H33ClF2N4O5S. The highest BCUT2D eigenvalue weighted by molar-refractivity contribution is 7.18. The Balaban J connectivity index is 1.37. The molecule has 1 aromatic heterocycles. The second-order valence-corrected chi connectivity index (χ2v) is 12.4. The van der Waals surface area contributed by atoms with E-state index >= 15 is 0 Å². The van der Waals surface area contributed by atoms with Crippen LogP contribution in [0.4, 0.5) is 20.2 Å². The van der Waals surface area contributed by atoms with Gasteiger partial charge in [0.05, 0.1) is 21.5 Å². The first kappa shape index (κ1) is 29.7. The zero-order valence-electron chi connectivity index (χ0n) is 22.5. The molecule has 5 rings (SSSR count). The zero-order valence-corrected chi connectivity index (χ0v) is 24.0. The van der Waals surface area contributed by atoms with E-state index in [9.17, 15) is 23.2 Å². The number of amides is 3. The summed E-state index contributed by atoms with van der Waals surface area (Å²) in [6.45, 7) is -1.19. The number of carbonyl (C=O) groups is 3. The predicted molar refractivity (Wildman–Crippen MR) is 152 cm³/mol. The third kappa shape index (κ3) is 7.94. The lowest BCUT2D eigenvalue weighted by Gasteiger charge is -2.37. The average molecular weight is 611 g/mol. The van der Waals surface area contributed by atoms with Gasteiger partial charge in [-0.25, -0.2) is 0 Å². The number of anilines is 2. The van der Waals surface area contributed by atoms with Crippen molar-refractivity contribution in [3.63, 3.8) is 0 Å². The van der Waals surface area contributed by atoms with E-state index in [1.807, 2.05) is 0 Å². The lowest BCUT2D eigenvalue weighted by Crippen LogP contribution is -2.53. The molecule has 1 saturated heterocycles. The van der Waals surface area contributed by atoms with Crippen LogP contribution in [0.2, 0.25) is 4.34 Å². The molecule has 2 saturated carbocycles. The van der Waals surface area contributed by atoms with E-state index in [-0.39, 0.29) is 42.9 Å². The molecule has 13 heteroatoms. The number of hydrogen-bond acceptors (Lipinski definition) is 7. The van der Waals surface area contributed by atoms with Crippen LogP contribution in [0.15, 0.2) is 30.3 Å². The van der Waals surface area contributed by atoms with Crippen LogP contribution in [0.1, 0.15) is 41.8 Å². The Morgan fingerprint density at radius 1 is 1.15 bits per heavy atom. The summed E-state index contributed by atoms with van der Waals surface area (Å²) in [5, 5.41) is 5.64. The molecule has 2 aliphatic carbocycles. The molecule has 3 amide bonds. The SMILES string of the molecule is O=C(NC[C@@H](C(=O)Nc1ccc(N2CCOCC2=O)cc1OC(F)F)N(CC1CCC1)CC1CC1)c1ccc(Cl)s1. The monoisotopic (exact) mass is 610 g/mol. The summed E-state index contributed by atoms with van der Waals surface area (Å²) >= 11 is 7.14. The van der Waals surface area contributed by atoms with Crippen LogP contribution in [-0.4, -0.2) is 74.7 Å². The molecule has 0 bridgehead atoms. The summed E-state index contributed by atoms with van der Waals surface area (Å²) in [4.78, 5) is 42.9. The van der Waals surface area contributed by atoms with Gasteiger partial charge < -0.3 is 25.0 Å². The largest absolute Gasteiger partial charge is 0.433 e. The van der Waals surface area contributed by atoms with E-state index in [0.29, 0.717) is 46.4 Å². The maximum Gasteiger partial charge on any atom is 0.387 e. The normalized spacial score (nSPS) is 18.4. The Morgan fingerprint density at radius 2 is 1.90 bits per heavy atom.